The fourth-order valence-corrected chi connectivity index (χ4v) is 3.10. The van der Waals surface area contributed by atoms with Gasteiger partial charge in [-0.1, -0.05) is 12.1 Å². The number of tetrazole rings is 1. The summed E-state index contributed by atoms with van der Waals surface area (Å²) < 4.78 is 22.5. The minimum absolute atomic E-state index is 0.112. The molecule has 0 aliphatic heterocycles. The first-order valence-corrected chi connectivity index (χ1v) is 8.94. The second-order valence-electron chi connectivity index (χ2n) is 6.56. The molecule has 0 amide bonds. The van der Waals surface area contributed by atoms with Crippen LogP contribution >= 0.6 is 0 Å². The van der Waals surface area contributed by atoms with Crippen LogP contribution in [0.4, 0.5) is 4.39 Å². The van der Waals surface area contributed by atoms with Crippen molar-refractivity contribution in [3.05, 3.63) is 81.8 Å². The Balaban J connectivity index is 1.76. The number of carbonyl (C=O) groups excluding carboxylic acids is 1. The molecule has 0 saturated carbocycles. The maximum atomic E-state index is 14.0. The smallest absolute Gasteiger partial charge is 0.368 e. The molecule has 9 nitrogen and oxygen atoms in total. The van der Waals surface area contributed by atoms with Crippen molar-refractivity contribution in [3.63, 3.8) is 0 Å². The van der Waals surface area contributed by atoms with Crippen molar-refractivity contribution in [2.45, 2.75) is 6.92 Å². The van der Waals surface area contributed by atoms with E-state index in [0.717, 1.165) is 9.36 Å². The van der Waals surface area contributed by atoms with Gasteiger partial charge in [0.15, 0.2) is 11.6 Å². The van der Waals surface area contributed by atoms with Crippen molar-refractivity contribution in [1.29, 1.82) is 0 Å². The van der Waals surface area contributed by atoms with E-state index in [1.165, 1.54) is 37.0 Å². The molecule has 0 atom stereocenters. The average Bonchev–Trinajstić information content (AvgIpc) is 3.35. The molecular formula is C20H17FN6O3. The molecule has 0 aliphatic rings. The number of rotatable bonds is 5. The number of ether oxygens (including phenoxy) is 1. The van der Waals surface area contributed by atoms with Crippen LogP contribution in [0, 0.1) is 12.7 Å². The molecule has 2 heterocycles. The summed E-state index contributed by atoms with van der Waals surface area (Å²) in [5, 5.41) is 11.8. The molecule has 0 unspecified atom stereocenters. The third-order valence-corrected chi connectivity index (χ3v) is 4.65. The number of aryl methyl sites for hydroxylation is 2. The molecule has 0 saturated heterocycles. The van der Waals surface area contributed by atoms with E-state index in [2.05, 4.69) is 15.5 Å². The maximum absolute atomic E-state index is 14.0. The normalized spacial score (nSPS) is 10.9. The first kappa shape index (κ1) is 19.2. The summed E-state index contributed by atoms with van der Waals surface area (Å²) in [6, 6.07) is 11.0. The molecular weight excluding hydrogens is 391 g/mol. The van der Waals surface area contributed by atoms with Crippen molar-refractivity contribution in [2.24, 2.45) is 7.05 Å². The van der Waals surface area contributed by atoms with Gasteiger partial charge in [-0.2, -0.15) is 14.5 Å². The van der Waals surface area contributed by atoms with Crippen LogP contribution in [0.3, 0.4) is 0 Å². The van der Waals surface area contributed by atoms with E-state index in [1.807, 2.05) is 0 Å². The molecule has 0 N–H and O–H groups in total. The van der Waals surface area contributed by atoms with Gasteiger partial charge in [0.25, 0.3) is 0 Å². The fraction of sp³-hybridized carbons (Fsp3) is 0.150. The Bertz CT molecular complexity index is 1320. The molecule has 10 heteroatoms. The van der Waals surface area contributed by atoms with Crippen LogP contribution in [0.25, 0.3) is 11.4 Å². The molecule has 0 bridgehead atoms. The zero-order chi connectivity index (χ0) is 21.4. The first-order chi connectivity index (χ1) is 14.4. The molecule has 0 fully saturated rings. The van der Waals surface area contributed by atoms with Gasteiger partial charge in [-0.25, -0.2) is 13.9 Å². The molecule has 0 spiro atoms. The summed E-state index contributed by atoms with van der Waals surface area (Å²) in [6.07, 6.45) is 1.56. The minimum Gasteiger partial charge on any atom is -0.494 e. The van der Waals surface area contributed by atoms with Crippen LogP contribution in [0.15, 0.2) is 53.5 Å². The number of methoxy groups -OCH3 is 1. The van der Waals surface area contributed by atoms with E-state index in [0.29, 0.717) is 16.9 Å². The standard InChI is InChI=1S/C20H17FN6O3/c1-12-5-4-6-16(27-20(29)25(2)23-24-27)18(12)19(28)15-9-10-26(22-15)13-7-8-17(30-3)14(21)11-13/h4-11H,1-3H3. The molecule has 2 aromatic carbocycles. The number of nitrogens with zero attached hydrogens (tertiary/aromatic N) is 6. The topological polar surface area (TPSA) is 96.8 Å². The van der Waals surface area contributed by atoms with Gasteiger partial charge in [0, 0.05) is 19.3 Å². The fourth-order valence-electron chi connectivity index (χ4n) is 3.10. The van der Waals surface area contributed by atoms with Gasteiger partial charge < -0.3 is 4.74 Å². The van der Waals surface area contributed by atoms with Gasteiger partial charge in [-0.3, -0.25) is 4.79 Å². The van der Waals surface area contributed by atoms with E-state index in [9.17, 15) is 14.0 Å². The monoisotopic (exact) mass is 408 g/mol. The minimum atomic E-state index is -0.540. The van der Waals surface area contributed by atoms with Crippen LogP contribution in [0.2, 0.25) is 0 Å². The molecule has 4 aromatic rings. The highest BCUT2D eigenvalue weighted by Gasteiger charge is 2.22. The van der Waals surface area contributed by atoms with E-state index in [4.69, 9.17) is 4.74 Å². The van der Waals surface area contributed by atoms with Crippen molar-refractivity contribution in [3.8, 4) is 17.1 Å². The van der Waals surface area contributed by atoms with Gasteiger partial charge in [0.2, 0.25) is 5.78 Å². The van der Waals surface area contributed by atoms with Gasteiger partial charge in [-0.15, -0.1) is 0 Å². The van der Waals surface area contributed by atoms with E-state index < -0.39 is 17.3 Å². The second kappa shape index (κ2) is 7.39. The molecule has 4 rings (SSSR count). The number of benzene rings is 2. The number of aromatic nitrogens is 6. The van der Waals surface area contributed by atoms with Gasteiger partial charge in [-0.05, 0) is 47.2 Å². The van der Waals surface area contributed by atoms with Crippen LogP contribution < -0.4 is 10.4 Å². The molecule has 0 aliphatic carbocycles. The zero-order valence-electron chi connectivity index (χ0n) is 16.4. The summed E-state index contributed by atoms with van der Waals surface area (Å²) >= 11 is 0. The van der Waals surface area contributed by atoms with Crippen LogP contribution in [-0.2, 0) is 7.05 Å². The maximum Gasteiger partial charge on any atom is 0.368 e. The molecule has 2 aromatic heterocycles. The van der Waals surface area contributed by atoms with Crippen LogP contribution in [-0.4, -0.2) is 42.5 Å². The highest BCUT2D eigenvalue weighted by Crippen LogP contribution is 2.22. The SMILES string of the molecule is COc1ccc(-n2ccc(C(=O)c3c(C)cccc3-n3nnn(C)c3=O)n2)cc1F. The lowest BCUT2D eigenvalue weighted by atomic mass is 10.0. The van der Waals surface area contributed by atoms with Gasteiger partial charge in [0.05, 0.1) is 24.0 Å². The Kier molecular flexibility index (Phi) is 4.74. The Labute approximate surface area is 169 Å². The molecule has 0 radical (unpaired) electrons. The van der Waals surface area contributed by atoms with Crippen molar-refractivity contribution in [2.75, 3.05) is 7.11 Å². The number of ketones is 1. The number of hydrogen-bond acceptors (Lipinski definition) is 6. The Morgan fingerprint density at radius 2 is 1.93 bits per heavy atom. The lowest BCUT2D eigenvalue weighted by Gasteiger charge is -2.09. The molecule has 152 valence electrons. The third kappa shape index (κ3) is 3.17. The largest absolute Gasteiger partial charge is 0.494 e. The Morgan fingerprint density at radius 3 is 2.60 bits per heavy atom. The van der Waals surface area contributed by atoms with E-state index in [-0.39, 0.29) is 17.0 Å². The summed E-state index contributed by atoms with van der Waals surface area (Å²) in [5.41, 5.74) is 1.34. The van der Waals surface area contributed by atoms with Gasteiger partial charge >= 0.3 is 5.69 Å². The zero-order valence-corrected chi connectivity index (χ0v) is 16.4. The highest BCUT2D eigenvalue weighted by atomic mass is 19.1. The Morgan fingerprint density at radius 1 is 1.13 bits per heavy atom. The van der Waals surface area contributed by atoms with Crippen molar-refractivity contribution < 1.29 is 13.9 Å². The quantitative estimate of drug-likeness (QED) is 0.468. The number of hydrogen-bond donors (Lipinski definition) is 0. The predicted molar refractivity (Wildman–Crippen MR) is 105 cm³/mol. The van der Waals surface area contributed by atoms with Crippen molar-refractivity contribution in [1.82, 2.24) is 29.6 Å². The first-order valence-electron chi connectivity index (χ1n) is 8.94. The van der Waals surface area contributed by atoms with E-state index >= 15 is 0 Å². The number of halogens is 1. The summed E-state index contributed by atoms with van der Waals surface area (Å²) in [5.74, 6) is -0.823. The predicted octanol–water partition coefficient (Wildman–Crippen LogP) is 1.84. The Hall–Kier alpha value is -4.08. The highest BCUT2D eigenvalue weighted by molar-refractivity contribution is 6.11. The van der Waals surface area contributed by atoms with Gasteiger partial charge in [0.1, 0.15) is 5.69 Å². The lowest BCUT2D eigenvalue weighted by molar-refractivity contribution is 0.103. The van der Waals surface area contributed by atoms with Crippen molar-refractivity contribution >= 4 is 5.78 Å². The summed E-state index contributed by atoms with van der Waals surface area (Å²) in [6.45, 7) is 1.76. The van der Waals surface area contributed by atoms with E-state index in [1.54, 1.807) is 37.4 Å². The summed E-state index contributed by atoms with van der Waals surface area (Å²) in [4.78, 5) is 25.5. The second-order valence-corrected chi connectivity index (χ2v) is 6.56. The van der Waals surface area contributed by atoms with Crippen LogP contribution in [0.1, 0.15) is 21.6 Å². The third-order valence-electron chi connectivity index (χ3n) is 4.65. The number of carbonyl (C=O) groups is 1. The lowest BCUT2D eigenvalue weighted by Crippen LogP contribution is -2.24. The average molecular weight is 408 g/mol. The molecule has 30 heavy (non-hydrogen) atoms. The summed E-state index contributed by atoms with van der Waals surface area (Å²) in [7, 11) is 2.85. The van der Waals surface area contributed by atoms with Crippen LogP contribution in [0.5, 0.6) is 5.75 Å².